The molecule has 1 saturated carbocycles. The summed E-state index contributed by atoms with van der Waals surface area (Å²) in [7, 11) is 0. The lowest BCUT2D eigenvalue weighted by atomic mass is 9.67. The molecule has 1 N–H and O–H groups in total. The van der Waals surface area contributed by atoms with Crippen LogP contribution < -0.4 is 0 Å². The molecule has 3 unspecified atom stereocenters. The maximum absolute atomic E-state index is 11.3. The van der Waals surface area contributed by atoms with Gasteiger partial charge in [-0.3, -0.25) is 4.79 Å². The first-order chi connectivity index (χ1) is 6.98. The maximum Gasteiger partial charge on any atom is 0.135 e. The van der Waals surface area contributed by atoms with Crippen LogP contribution in [0.2, 0.25) is 0 Å². The number of hydrogen-bond donors (Lipinski definition) is 1. The summed E-state index contributed by atoms with van der Waals surface area (Å²) in [5, 5.41) is 9.95. The van der Waals surface area contributed by atoms with E-state index in [1.54, 1.807) is 6.92 Å². The van der Waals surface area contributed by atoms with Crippen molar-refractivity contribution in [2.45, 2.75) is 65.4 Å². The topological polar surface area (TPSA) is 37.3 Å². The Morgan fingerprint density at radius 3 is 2.67 bits per heavy atom. The summed E-state index contributed by atoms with van der Waals surface area (Å²) >= 11 is 0. The van der Waals surface area contributed by atoms with Crippen LogP contribution in [0.15, 0.2) is 0 Å². The zero-order chi connectivity index (χ0) is 11.5. The Morgan fingerprint density at radius 1 is 1.53 bits per heavy atom. The molecular weight excluding hydrogens is 188 g/mol. The lowest BCUT2D eigenvalue weighted by Crippen LogP contribution is -2.38. The number of carbonyl (C=O) groups is 1. The molecule has 0 saturated heterocycles. The highest BCUT2D eigenvalue weighted by atomic mass is 16.3. The van der Waals surface area contributed by atoms with E-state index < -0.39 is 6.10 Å². The summed E-state index contributed by atoms with van der Waals surface area (Å²) in [5.41, 5.74) is 0.265. The molecule has 0 bridgehead atoms. The minimum Gasteiger partial charge on any atom is -0.392 e. The van der Waals surface area contributed by atoms with Crippen molar-refractivity contribution in [2.24, 2.45) is 11.3 Å². The molecular formula is C13H24O2. The van der Waals surface area contributed by atoms with E-state index in [-0.39, 0.29) is 17.1 Å². The number of carbonyl (C=O) groups excluding carboxylic acids is 1. The van der Waals surface area contributed by atoms with E-state index in [4.69, 9.17) is 0 Å². The highest BCUT2D eigenvalue weighted by Gasteiger charge is 2.38. The van der Waals surface area contributed by atoms with Crippen LogP contribution in [0.5, 0.6) is 0 Å². The van der Waals surface area contributed by atoms with Crippen molar-refractivity contribution in [1.82, 2.24) is 0 Å². The van der Waals surface area contributed by atoms with E-state index in [9.17, 15) is 9.90 Å². The second kappa shape index (κ2) is 5.11. The van der Waals surface area contributed by atoms with E-state index in [2.05, 4.69) is 13.8 Å². The first kappa shape index (κ1) is 12.7. The SMILES string of the molecule is CCCCC1(C)CCC(C(C)=O)C(O)C1. The van der Waals surface area contributed by atoms with Crippen LogP contribution in [0.1, 0.15) is 59.3 Å². The molecule has 1 fully saturated rings. The second-order valence-corrected chi connectivity index (χ2v) is 5.44. The van der Waals surface area contributed by atoms with Gasteiger partial charge in [0.05, 0.1) is 6.10 Å². The fourth-order valence-electron chi connectivity index (χ4n) is 2.75. The van der Waals surface area contributed by atoms with Gasteiger partial charge in [-0.2, -0.15) is 0 Å². The molecule has 2 heteroatoms. The number of aliphatic hydroxyl groups excluding tert-OH is 1. The molecule has 2 nitrogen and oxygen atoms in total. The van der Waals surface area contributed by atoms with E-state index in [1.807, 2.05) is 0 Å². The lowest BCUT2D eigenvalue weighted by Gasteiger charge is -2.40. The fourth-order valence-corrected chi connectivity index (χ4v) is 2.75. The molecule has 0 aromatic heterocycles. The van der Waals surface area contributed by atoms with Crippen molar-refractivity contribution in [3.8, 4) is 0 Å². The van der Waals surface area contributed by atoms with E-state index in [0.29, 0.717) is 0 Å². The maximum atomic E-state index is 11.3. The highest BCUT2D eigenvalue weighted by molar-refractivity contribution is 5.79. The zero-order valence-corrected chi connectivity index (χ0v) is 10.3. The number of Topliss-reactive ketones (excluding diaryl/α,β-unsaturated/α-hetero) is 1. The molecule has 1 aliphatic rings. The molecule has 1 rings (SSSR count). The minimum atomic E-state index is -0.405. The van der Waals surface area contributed by atoms with Crippen molar-refractivity contribution < 1.29 is 9.90 Å². The predicted octanol–water partition coefficient (Wildman–Crippen LogP) is 2.93. The van der Waals surface area contributed by atoms with Crippen LogP contribution in [0.3, 0.4) is 0 Å². The third-order valence-corrected chi connectivity index (χ3v) is 3.88. The van der Waals surface area contributed by atoms with Gasteiger partial charge in [-0.1, -0.05) is 26.7 Å². The van der Waals surface area contributed by atoms with Gasteiger partial charge in [-0.05, 0) is 38.0 Å². The fraction of sp³-hybridized carbons (Fsp3) is 0.923. The monoisotopic (exact) mass is 212 g/mol. The molecule has 3 atom stereocenters. The summed E-state index contributed by atoms with van der Waals surface area (Å²) in [4.78, 5) is 11.3. The molecule has 0 amide bonds. The average molecular weight is 212 g/mol. The van der Waals surface area contributed by atoms with Crippen molar-refractivity contribution >= 4 is 5.78 Å². The van der Waals surface area contributed by atoms with Crippen LogP contribution in [0.25, 0.3) is 0 Å². The number of rotatable bonds is 4. The Kier molecular flexibility index (Phi) is 4.32. The minimum absolute atomic E-state index is 0.0975. The Balaban J connectivity index is 2.52. The van der Waals surface area contributed by atoms with Crippen molar-refractivity contribution in [2.75, 3.05) is 0 Å². The number of ketones is 1. The third kappa shape index (κ3) is 3.30. The summed E-state index contributed by atoms with van der Waals surface area (Å²) < 4.78 is 0. The summed E-state index contributed by atoms with van der Waals surface area (Å²) in [6.07, 6.45) is 5.99. The van der Waals surface area contributed by atoms with E-state index in [0.717, 1.165) is 19.3 Å². The Morgan fingerprint density at radius 2 is 2.20 bits per heavy atom. The molecule has 0 heterocycles. The van der Waals surface area contributed by atoms with Gasteiger partial charge in [-0.25, -0.2) is 0 Å². The number of aliphatic hydroxyl groups is 1. The highest BCUT2D eigenvalue weighted by Crippen LogP contribution is 2.42. The van der Waals surface area contributed by atoms with Crippen molar-refractivity contribution in [3.63, 3.8) is 0 Å². The quantitative estimate of drug-likeness (QED) is 0.778. The third-order valence-electron chi connectivity index (χ3n) is 3.88. The van der Waals surface area contributed by atoms with Crippen LogP contribution in [-0.4, -0.2) is 17.0 Å². The van der Waals surface area contributed by atoms with Gasteiger partial charge in [0.15, 0.2) is 0 Å². The second-order valence-electron chi connectivity index (χ2n) is 5.44. The zero-order valence-electron chi connectivity index (χ0n) is 10.3. The van der Waals surface area contributed by atoms with Crippen LogP contribution in [0, 0.1) is 11.3 Å². The largest absolute Gasteiger partial charge is 0.392 e. The summed E-state index contributed by atoms with van der Waals surface area (Å²) in [6, 6.07) is 0. The molecule has 0 spiro atoms. The Bertz CT molecular complexity index is 225. The van der Waals surface area contributed by atoms with Gasteiger partial charge in [0.1, 0.15) is 5.78 Å². The molecule has 0 aromatic carbocycles. The Labute approximate surface area is 93.1 Å². The lowest BCUT2D eigenvalue weighted by molar-refractivity contribution is -0.127. The van der Waals surface area contributed by atoms with E-state index in [1.165, 1.54) is 19.3 Å². The molecule has 0 aliphatic heterocycles. The molecule has 1 aliphatic carbocycles. The van der Waals surface area contributed by atoms with E-state index >= 15 is 0 Å². The van der Waals surface area contributed by atoms with Crippen LogP contribution in [0.4, 0.5) is 0 Å². The molecule has 15 heavy (non-hydrogen) atoms. The predicted molar refractivity (Wildman–Crippen MR) is 61.7 cm³/mol. The number of unbranched alkanes of at least 4 members (excludes halogenated alkanes) is 1. The average Bonchev–Trinajstić information content (AvgIpc) is 2.14. The Hall–Kier alpha value is -0.370. The molecule has 0 radical (unpaired) electrons. The van der Waals surface area contributed by atoms with Gasteiger partial charge >= 0.3 is 0 Å². The normalized spacial score (nSPS) is 36.5. The van der Waals surface area contributed by atoms with Gasteiger partial charge in [0.25, 0.3) is 0 Å². The molecule has 0 aromatic rings. The van der Waals surface area contributed by atoms with Gasteiger partial charge < -0.3 is 5.11 Å². The standard InChI is InChI=1S/C13H24O2/c1-4-5-7-13(3)8-6-11(10(2)14)12(15)9-13/h11-12,15H,4-9H2,1-3H3. The van der Waals surface area contributed by atoms with Crippen LogP contribution >= 0.6 is 0 Å². The number of hydrogen-bond acceptors (Lipinski definition) is 2. The van der Waals surface area contributed by atoms with Gasteiger partial charge in [0, 0.05) is 5.92 Å². The summed E-state index contributed by atoms with van der Waals surface area (Å²) in [5.74, 6) is 0.0553. The molecule has 88 valence electrons. The summed E-state index contributed by atoms with van der Waals surface area (Å²) in [6.45, 7) is 6.05. The van der Waals surface area contributed by atoms with Crippen molar-refractivity contribution in [1.29, 1.82) is 0 Å². The van der Waals surface area contributed by atoms with Crippen molar-refractivity contribution in [3.05, 3.63) is 0 Å². The van der Waals surface area contributed by atoms with Crippen LogP contribution in [-0.2, 0) is 4.79 Å². The van der Waals surface area contributed by atoms with Gasteiger partial charge in [0.2, 0.25) is 0 Å². The first-order valence-corrected chi connectivity index (χ1v) is 6.17. The van der Waals surface area contributed by atoms with Gasteiger partial charge in [-0.15, -0.1) is 0 Å². The smallest absolute Gasteiger partial charge is 0.135 e. The first-order valence-electron chi connectivity index (χ1n) is 6.17.